The normalized spacial score (nSPS) is 11.1. The SMILES string of the molecule is Oc1ccc2ccccc2c1/C=N/NC(=S)NC(c1ccccc1)c1ccccc1. The summed E-state index contributed by atoms with van der Waals surface area (Å²) < 4.78 is 0. The smallest absolute Gasteiger partial charge is 0.187 e. The second kappa shape index (κ2) is 9.20. The summed E-state index contributed by atoms with van der Waals surface area (Å²) in [6, 6.07) is 31.5. The molecular weight excluding hydrogens is 390 g/mol. The van der Waals surface area contributed by atoms with E-state index in [2.05, 4.69) is 40.1 Å². The van der Waals surface area contributed by atoms with Gasteiger partial charge in [0.05, 0.1) is 12.3 Å². The maximum atomic E-state index is 10.2. The summed E-state index contributed by atoms with van der Waals surface area (Å²) >= 11 is 5.48. The molecule has 0 atom stereocenters. The number of hydrogen-bond donors (Lipinski definition) is 3. The van der Waals surface area contributed by atoms with Crippen LogP contribution in [0.5, 0.6) is 5.75 Å². The topological polar surface area (TPSA) is 56.7 Å². The Balaban J connectivity index is 1.52. The van der Waals surface area contributed by atoms with Gasteiger partial charge >= 0.3 is 0 Å². The van der Waals surface area contributed by atoms with Crippen molar-refractivity contribution in [3.05, 3.63) is 114 Å². The lowest BCUT2D eigenvalue weighted by molar-refractivity contribution is 0.475. The third-order valence-electron chi connectivity index (χ3n) is 4.85. The number of fused-ring (bicyclic) bond motifs is 1. The monoisotopic (exact) mass is 411 g/mol. The van der Waals surface area contributed by atoms with Gasteiger partial charge in [0.15, 0.2) is 5.11 Å². The summed E-state index contributed by atoms with van der Waals surface area (Å²) in [6.07, 6.45) is 1.59. The Morgan fingerprint density at radius 2 is 1.40 bits per heavy atom. The predicted octanol–water partition coefficient (Wildman–Crippen LogP) is 5.13. The minimum atomic E-state index is -0.103. The van der Waals surface area contributed by atoms with Gasteiger partial charge in [0.1, 0.15) is 5.75 Å². The van der Waals surface area contributed by atoms with Crippen LogP contribution in [0.4, 0.5) is 0 Å². The first-order valence-electron chi connectivity index (χ1n) is 9.62. The van der Waals surface area contributed by atoms with Crippen LogP contribution in [0.2, 0.25) is 0 Å². The molecule has 4 nitrogen and oxygen atoms in total. The van der Waals surface area contributed by atoms with E-state index in [4.69, 9.17) is 12.2 Å². The van der Waals surface area contributed by atoms with Crippen LogP contribution < -0.4 is 10.7 Å². The number of nitrogens with zero attached hydrogens (tertiary/aromatic N) is 1. The van der Waals surface area contributed by atoms with E-state index in [-0.39, 0.29) is 11.8 Å². The number of benzene rings is 4. The Labute approximate surface area is 180 Å². The maximum absolute atomic E-state index is 10.2. The summed E-state index contributed by atoms with van der Waals surface area (Å²) in [6.45, 7) is 0. The molecule has 4 rings (SSSR count). The molecule has 0 bridgehead atoms. The van der Waals surface area contributed by atoms with Crippen LogP contribution in [-0.4, -0.2) is 16.4 Å². The van der Waals surface area contributed by atoms with Crippen LogP contribution in [0.25, 0.3) is 10.8 Å². The zero-order valence-electron chi connectivity index (χ0n) is 16.2. The number of hydrazone groups is 1. The van der Waals surface area contributed by atoms with Gasteiger partial charge in [-0.3, -0.25) is 5.43 Å². The minimum Gasteiger partial charge on any atom is -0.507 e. The van der Waals surface area contributed by atoms with Gasteiger partial charge in [-0.05, 0) is 40.2 Å². The van der Waals surface area contributed by atoms with Gasteiger partial charge in [-0.1, -0.05) is 91.0 Å². The molecule has 3 N–H and O–H groups in total. The molecule has 0 fully saturated rings. The largest absolute Gasteiger partial charge is 0.507 e. The Bertz CT molecular complexity index is 1140. The second-order valence-electron chi connectivity index (χ2n) is 6.82. The second-order valence-corrected chi connectivity index (χ2v) is 7.23. The van der Waals surface area contributed by atoms with Crippen LogP contribution in [0.3, 0.4) is 0 Å². The minimum absolute atomic E-state index is 0.103. The molecule has 0 radical (unpaired) electrons. The number of phenols is 1. The van der Waals surface area contributed by atoms with Gasteiger partial charge < -0.3 is 10.4 Å². The van der Waals surface area contributed by atoms with E-state index in [0.29, 0.717) is 10.7 Å². The van der Waals surface area contributed by atoms with E-state index in [0.717, 1.165) is 21.9 Å². The van der Waals surface area contributed by atoms with Gasteiger partial charge in [0.25, 0.3) is 0 Å². The lowest BCUT2D eigenvalue weighted by Crippen LogP contribution is -2.35. The molecule has 0 aliphatic carbocycles. The first kappa shape index (κ1) is 19.6. The summed E-state index contributed by atoms with van der Waals surface area (Å²) in [7, 11) is 0. The first-order chi connectivity index (χ1) is 14.7. The summed E-state index contributed by atoms with van der Waals surface area (Å²) in [5.41, 5.74) is 5.72. The molecule has 0 aliphatic heterocycles. The van der Waals surface area contributed by atoms with E-state index in [9.17, 15) is 5.11 Å². The molecule has 30 heavy (non-hydrogen) atoms. The Hall–Kier alpha value is -3.70. The number of hydrogen-bond acceptors (Lipinski definition) is 3. The van der Waals surface area contributed by atoms with Gasteiger partial charge in [-0.25, -0.2) is 0 Å². The van der Waals surface area contributed by atoms with Crippen molar-refractivity contribution in [1.82, 2.24) is 10.7 Å². The van der Waals surface area contributed by atoms with Crippen molar-refractivity contribution in [1.29, 1.82) is 0 Å². The van der Waals surface area contributed by atoms with E-state index in [1.54, 1.807) is 12.3 Å². The van der Waals surface area contributed by atoms with E-state index >= 15 is 0 Å². The fourth-order valence-corrected chi connectivity index (χ4v) is 3.56. The number of phenolic OH excluding ortho intramolecular Hbond substituents is 1. The number of nitrogens with one attached hydrogen (secondary N) is 2. The highest BCUT2D eigenvalue weighted by atomic mass is 32.1. The molecule has 0 aromatic heterocycles. The molecule has 148 valence electrons. The first-order valence-corrected chi connectivity index (χ1v) is 10.0. The lowest BCUT2D eigenvalue weighted by atomic mass is 9.99. The van der Waals surface area contributed by atoms with Gasteiger partial charge in [0, 0.05) is 5.56 Å². The molecule has 5 heteroatoms. The van der Waals surface area contributed by atoms with Crippen molar-refractivity contribution in [2.45, 2.75) is 6.04 Å². The molecule has 0 spiro atoms. The highest BCUT2D eigenvalue weighted by molar-refractivity contribution is 7.80. The van der Waals surface area contributed by atoms with E-state index < -0.39 is 0 Å². The average Bonchev–Trinajstić information content (AvgIpc) is 2.80. The highest BCUT2D eigenvalue weighted by Crippen LogP contribution is 2.25. The molecule has 4 aromatic carbocycles. The molecule has 0 heterocycles. The van der Waals surface area contributed by atoms with E-state index in [1.165, 1.54) is 0 Å². The van der Waals surface area contributed by atoms with Gasteiger partial charge in [0.2, 0.25) is 0 Å². The quantitative estimate of drug-likeness (QED) is 0.242. The van der Waals surface area contributed by atoms with Crippen LogP contribution in [0.15, 0.2) is 102 Å². The summed E-state index contributed by atoms with van der Waals surface area (Å²) in [5, 5.41) is 20.2. The molecule has 0 saturated heterocycles. The van der Waals surface area contributed by atoms with Crippen LogP contribution in [-0.2, 0) is 0 Å². The van der Waals surface area contributed by atoms with Crippen molar-refractivity contribution in [2.75, 3.05) is 0 Å². The zero-order valence-corrected chi connectivity index (χ0v) is 17.0. The number of rotatable bonds is 5. The molecule has 0 aliphatic rings. The Morgan fingerprint density at radius 3 is 2.07 bits per heavy atom. The van der Waals surface area contributed by atoms with Crippen molar-refractivity contribution in [3.63, 3.8) is 0 Å². The third-order valence-corrected chi connectivity index (χ3v) is 5.06. The molecule has 0 amide bonds. The molecular formula is C25H21N3OS. The van der Waals surface area contributed by atoms with Gasteiger partial charge in [-0.2, -0.15) is 5.10 Å². The van der Waals surface area contributed by atoms with Crippen molar-refractivity contribution < 1.29 is 5.11 Å². The Kier molecular flexibility index (Phi) is 6.01. The molecule has 0 saturated carbocycles. The maximum Gasteiger partial charge on any atom is 0.187 e. The summed E-state index contributed by atoms with van der Waals surface area (Å²) in [5.74, 6) is 0.171. The third kappa shape index (κ3) is 4.47. The average molecular weight is 412 g/mol. The van der Waals surface area contributed by atoms with E-state index in [1.807, 2.05) is 66.7 Å². The number of thiocarbonyl (C=S) groups is 1. The Morgan fingerprint density at radius 1 is 0.800 bits per heavy atom. The van der Waals surface area contributed by atoms with Crippen molar-refractivity contribution in [3.8, 4) is 5.75 Å². The molecule has 0 unspecified atom stereocenters. The van der Waals surface area contributed by atoms with Gasteiger partial charge in [-0.15, -0.1) is 0 Å². The lowest BCUT2D eigenvalue weighted by Gasteiger charge is -2.21. The van der Waals surface area contributed by atoms with Crippen molar-refractivity contribution in [2.24, 2.45) is 5.10 Å². The highest BCUT2D eigenvalue weighted by Gasteiger charge is 2.14. The fourth-order valence-electron chi connectivity index (χ4n) is 3.39. The fraction of sp³-hybridized carbons (Fsp3) is 0.0400. The van der Waals surface area contributed by atoms with Crippen LogP contribution in [0, 0.1) is 0 Å². The molecule has 4 aromatic rings. The standard InChI is InChI=1S/C25H21N3OS/c29-23-16-15-18-9-7-8-14-21(18)22(23)17-26-28-25(30)27-24(19-10-3-1-4-11-19)20-12-5-2-6-13-20/h1-17,24,29H,(H2,27,28,30)/b26-17+. The van der Waals surface area contributed by atoms with Crippen LogP contribution in [0.1, 0.15) is 22.7 Å². The summed E-state index contributed by atoms with van der Waals surface area (Å²) in [4.78, 5) is 0. The predicted molar refractivity (Wildman–Crippen MR) is 127 cm³/mol. The van der Waals surface area contributed by atoms with Crippen molar-refractivity contribution >= 4 is 34.3 Å². The number of aromatic hydroxyl groups is 1. The zero-order chi connectivity index (χ0) is 20.8. The van der Waals surface area contributed by atoms with Crippen LogP contribution >= 0.6 is 12.2 Å².